The molecule has 116 valence electrons. The lowest BCUT2D eigenvalue weighted by Gasteiger charge is -2.26. The largest absolute Gasteiger partial charge is 0.504 e. The van der Waals surface area contributed by atoms with Gasteiger partial charge in [0.15, 0.2) is 11.5 Å². The maximum atomic E-state index is 12.4. The Kier molecular flexibility index (Phi) is 4.41. The average Bonchev–Trinajstić information content (AvgIpc) is 2.53. The number of hydrogen-bond donors (Lipinski definition) is 4. The zero-order chi connectivity index (χ0) is 16.3. The normalized spacial score (nSPS) is 15.9. The minimum atomic E-state index is -0.461. The van der Waals surface area contributed by atoms with Gasteiger partial charge in [-0.25, -0.2) is 0 Å². The molecule has 1 saturated heterocycles. The fraction of sp³-hybridized carbons (Fsp3) is 0.333. The van der Waals surface area contributed by atoms with Crippen molar-refractivity contribution < 1.29 is 15.0 Å². The van der Waals surface area contributed by atoms with Gasteiger partial charge < -0.3 is 26.6 Å². The first-order valence-corrected chi connectivity index (χ1v) is 6.96. The van der Waals surface area contributed by atoms with E-state index in [0.29, 0.717) is 13.1 Å². The predicted octanol–water partition coefficient (Wildman–Crippen LogP) is 0.886. The molecule has 7 heteroatoms. The van der Waals surface area contributed by atoms with E-state index >= 15 is 0 Å². The number of hydrogen-bond acceptors (Lipinski definition) is 6. The highest BCUT2D eigenvalue weighted by molar-refractivity contribution is 6.04. The summed E-state index contributed by atoms with van der Waals surface area (Å²) >= 11 is 0. The molecule has 0 aromatic heterocycles. The van der Waals surface area contributed by atoms with Crippen LogP contribution in [-0.4, -0.2) is 34.1 Å². The van der Waals surface area contributed by atoms with Gasteiger partial charge in [-0.1, -0.05) is 0 Å². The van der Waals surface area contributed by atoms with Gasteiger partial charge in [0.1, 0.15) is 11.6 Å². The van der Waals surface area contributed by atoms with Crippen molar-refractivity contribution in [1.82, 2.24) is 4.90 Å². The number of nitrogens with zero attached hydrogens (tertiary/aromatic N) is 2. The first-order chi connectivity index (χ1) is 10.5. The van der Waals surface area contributed by atoms with E-state index < -0.39 is 17.4 Å². The number of phenols is 2. The molecule has 1 aromatic rings. The Morgan fingerprint density at radius 3 is 2.41 bits per heavy atom. The SMILES string of the molecule is N#C/C(C(=O)N1CCCCC1)=C(/N)c1cc(N)c(O)c(O)c1. The van der Waals surface area contributed by atoms with Gasteiger partial charge in [-0.2, -0.15) is 5.26 Å². The van der Waals surface area contributed by atoms with Crippen molar-refractivity contribution in [3.8, 4) is 17.6 Å². The second kappa shape index (κ2) is 6.26. The number of carbonyl (C=O) groups excluding carboxylic acids is 1. The molecule has 6 N–H and O–H groups in total. The highest BCUT2D eigenvalue weighted by atomic mass is 16.3. The molecule has 2 rings (SSSR count). The average molecular weight is 302 g/mol. The highest BCUT2D eigenvalue weighted by Gasteiger charge is 2.23. The van der Waals surface area contributed by atoms with E-state index in [-0.39, 0.29) is 22.5 Å². The maximum absolute atomic E-state index is 12.4. The lowest BCUT2D eigenvalue weighted by Crippen LogP contribution is -2.37. The van der Waals surface area contributed by atoms with Crippen molar-refractivity contribution in [1.29, 1.82) is 5.26 Å². The molecule has 0 unspecified atom stereocenters. The number of anilines is 1. The van der Waals surface area contributed by atoms with Crippen molar-refractivity contribution in [3.05, 3.63) is 23.3 Å². The third-order valence-electron chi connectivity index (χ3n) is 3.67. The van der Waals surface area contributed by atoms with Gasteiger partial charge in [0.25, 0.3) is 5.91 Å². The van der Waals surface area contributed by atoms with Crippen molar-refractivity contribution in [2.45, 2.75) is 19.3 Å². The molecular weight excluding hydrogens is 284 g/mol. The molecule has 1 aliphatic heterocycles. The fourth-order valence-corrected chi connectivity index (χ4v) is 2.42. The van der Waals surface area contributed by atoms with E-state index in [1.54, 1.807) is 4.90 Å². The number of rotatable bonds is 2. The zero-order valence-electron chi connectivity index (χ0n) is 12.0. The molecule has 1 aliphatic rings. The van der Waals surface area contributed by atoms with Crippen LogP contribution in [0.2, 0.25) is 0 Å². The van der Waals surface area contributed by atoms with Gasteiger partial charge in [0, 0.05) is 18.7 Å². The lowest BCUT2D eigenvalue weighted by molar-refractivity contribution is -0.127. The van der Waals surface area contributed by atoms with E-state index in [9.17, 15) is 20.3 Å². The Bertz CT molecular complexity index is 647. The van der Waals surface area contributed by atoms with Crippen molar-refractivity contribution >= 4 is 17.3 Å². The number of phenolic OH excluding ortho intramolecular Hbond substituents is 2. The molecule has 0 radical (unpaired) electrons. The summed E-state index contributed by atoms with van der Waals surface area (Å²) in [7, 11) is 0. The number of amides is 1. The number of carbonyl (C=O) groups is 1. The Morgan fingerprint density at radius 1 is 1.23 bits per heavy atom. The summed E-state index contributed by atoms with van der Waals surface area (Å²) in [6.45, 7) is 1.19. The number of aromatic hydroxyl groups is 2. The van der Waals surface area contributed by atoms with Crippen LogP contribution in [0.1, 0.15) is 24.8 Å². The predicted molar refractivity (Wildman–Crippen MR) is 81.3 cm³/mol. The monoisotopic (exact) mass is 302 g/mol. The zero-order valence-corrected chi connectivity index (χ0v) is 12.0. The van der Waals surface area contributed by atoms with Crippen molar-refractivity contribution in [2.24, 2.45) is 5.73 Å². The lowest BCUT2D eigenvalue weighted by atomic mass is 10.0. The number of nitriles is 1. The molecule has 0 saturated carbocycles. The Hall–Kier alpha value is -2.88. The molecule has 0 atom stereocenters. The van der Waals surface area contributed by atoms with Crippen molar-refractivity contribution in [3.63, 3.8) is 0 Å². The molecule has 22 heavy (non-hydrogen) atoms. The van der Waals surface area contributed by atoms with Gasteiger partial charge >= 0.3 is 0 Å². The van der Waals surface area contributed by atoms with Gasteiger partial charge in [0.2, 0.25) is 0 Å². The van der Waals surface area contributed by atoms with E-state index in [1.165, 1.54) is 12.1 Å². The van der Waals surface area contributed by atoms with Crippen LogP contribution < -0.4 is 11.5 Å². The summed E-state index contributed by atoms with van der Waals surface area (Å²) in [5.41, 5.74) is 11.3. The number of benzene rings is 1. The quantitative estimate of drug-likeness (QED) is 0.277. The third-order valence-corrected chi connectivity index (χ3v) is 3.67. The molecular formula is C15H18N4O3. The van der Waals surface area contributed by atoms with Crippen LogP contribution >= 0.6 is 0 Å². The minimum absolute atomic E-state index is 0.0694. The van der Waals surface area contributed by atoms with Crippen LogP contribution in [0.4, 0.5) is 5.69 Å². The smallest absolute Gasteiger partial charge is 0.266 e. The summed E-state index contributed by atoms with van der Waals surface area (Å²) in [5, 5.41) is 28.3. The Morgan fingerprint density at radius 2 is 1.86 bits per heavy atom. The van der Waals surface area contributed by atoms with E-state index in [1.807, 2.05) is 6.07 Å². The molecule has 1 fully saturated rings. The van der Waals surface area contributed by atoms with Crippen LogP contribution in [-0.2, 0) is 4.79 Å². The number of piperidine rings is 1. The molecule has 7 nitrogen and oxygen atoms in total. The van der Waals surface area contributed by atoms with Gasteiger partial charge in [-0.3, -0.25) is 4.79 Å². The van der Waals surface area contributed by atoms with Crippen LogP contribution in [0.3, 0.4) is 0 Å². The van der Waals surface area contributed by atoms with E-state index in [4.69, 9.17) is 11.5 Å². The highest BCUT2D eigenvalue weighted by Crippen LogP contribution is 2.34. The van der Waals surface area contributed by atoms with Crippen LogP contribution in [0, 0.1) is 11.3 Å². The number of nitrogens with two attached hydrogens (primary N) is 2. The second-order valence-corrected chi connectivity index (χ2v) is 5.19. The molecule has 0 aliphatic carbocycles. The molecule has 1 heterocycles. The first kappa shape index (κ1) is 15.5. The fourth-order valence-electron chi connectivity index (χ4n) is 2.42. The third kappa shape index (κ3) is 2.91. The standard InChI is InChI=1S/C15H18N4O3/c16-8-10(15(22)19-4-2-1-3-5-19)13(18)9-6-11(17)14(21)12(20)7-9/h6-7,20-21H,1-5,17-18H2/b13-10-. The summed E-state index contributed by atoms with van der Waals surface area (Å²) < 4.78 is 0. The number of likely N-dealkylation sites (tertiary alicyclic amines) is 1. The van der Waals surface area contributed by atoms with Gasteiger partial charge in [-0.15, -0.1) is 0 Å². The molecule has 0 bridgehead atoms. The van der Waals surface area contributed by atoms with Crippen LogP contribution in [0.5, 0.6) is 11.5 Å². The van der Waals surface area contributed by atoms with Crippen LogP contribution in [0.25, 0.3) is 5.70 Å². The van der Waals surface area contributed by atoms with Crippen molar-refractivity contribution in [2.75, 3.05) is 18.8 Å². The first-order valence-electron chi connectivity index (χ1n) is 6.96. The maximum Gasteiger partial charge on any atom is 0.266 e. The van der Waals surface area contributed by atoms with E-state index in [0.717, 1.165) is 19.3 Å². The van der Waals surface area contributed by atoms with Gasteiger partial charge in [-0.05, 0) is 31.4 Å². The topological polar surface area (TPSA) is 137 Å². The Balaban J connectivity index is 2.40. The minimum Gasteiger partial charge on any atom is -0.504 e. The molecule has 0 spiro atoms. The molecule has 1 amide bonds. The Labute approximate surface area is 128 Å². The second-order valence-electron chi connectivity index (χ2n) is 5.19. The van der Waals surface area contributed by atoms with Crippen LogP contribution in [0.15, 0.2) is 17.7 Å². The van der Waals surface area contributed by atoms with Gasteiger partial charge in [0.05, 0.1) is 11.4 Å². The molecule has 1 aromatic carbocycles. The summed E-state index contributed by atoms with van der Waals surface area (Å²) in [5.74, 6) is -1.34. The summed E-state index contributed by atoms with van der Waals surface area (Å²) in [6, 6.07) is 4.31. The summed E-state index contributed by atoms with van der Waals surface area (Å²) in [4.78, 5) is 14.0. The number of nitrogen functional groups attached to an aromatic ring is 1. The summed E-state index contributed by atoms with van der Waals surface area (Å²) in [6.07, 6.45) is 2.86. The van der Waals surface area contributed by atoms with E-state index in [2.05, 4.69) is 0 Å².